The monoisotopic (exact) mass is 1740 g/mol. The molecule has 2 aromatic heterocycles. The van der Waals surface area contributed by atoms with E-state index in [9.17, 15) is 35.7 Å². The second kappa shape index (κ2) is 29.7. The highest BCUT2D eigenvalue weighted by atomic mass is 16.3. The van der Waals surface area contributed by atoms with Gasteiger partial charge < -0.3 is 57.1 Å². The number of hydrogen-bond acceptors (Lipinski definition) is 17. The minimum absolute atomic E-state index is 0.0285. The molecule has 27 atom stereocenters. The molecule has 12 saturated carbocycles. The molecule has 700 valence electrons. The van der Waals surface area contributed by atoms with Crippen LogP contribution in [0.1, 0.15) is 330 Å². The topological polar surface area (TPSA) is 318 Å². The summed E-state index contributed by atoms with van der Waals surface area (Å²) in [5, 5.41) is 117. The smallest absolute Gasteiger partial charge is 0.229 e. The maximum Gasteiger partial charge on any atom is 0.229 e. The van der Waals surface area contributed by atoms with Gasteiger partial charge in [-0.3, -0.25) is 28.8 Å². The number of fused-ring (bicyclic) bond motifs is 21. The van der Waals surface area contributed by atoms with E-state index < -0.39 is 40.0 Å². The zero-order valence-corrected chi connectivity index (χ0v) is 81.2. The third-order valence-corrected chi connectivity index (χ3v) is 44.2. The minimum Gasteiger partial charge on any atom is -0.396 e. The molecule has 22 heteroatoms. The largest absolute Gasteiger partial charge is 0.396 e. The number of rotatable bonds is 16. The van der Waals surface area contributed by atoms with Crippen molar-refractivity contribution in [1.29, 1.82) is 0 Å². The predicted molar refractivity (Wildman–Crippen MR) is 487 cm³/mol. The van der Waals surface area contributed by atoms with Crippen LogP contribution in [0.3, 0.4) is 0 Å². The lowest BCUT2D eigenvalue weighted by atomic mass is 9.33. The van der Waals surface area contributed by atoms with Crippen LogP contribution < -0.4 is 26.9 Å². The summed E-state index contributed by atoms with van der Waals surface area (Å²) < 4.78 is 3.44. The molecule has 0 radical (unpaired) electrons. The Morgan fingerprint density at radius 3 is 1.03 bits per heavy atom. The van der Waals surface area contributed by atoms with Gasteiger partial charge in [-0.15, -0.1) is 15.7 Å². The van der Waals surface area contributed by atoms with Crippen LogP contribution in [0.2, 0.25) is 0 Å². The summed E-state index contributed by atoms with van der Waals surface area (Å²) in [7, 11) is 0. The van der Waals surface area contributed by atoms with Crippen molar-refractivity contribution in [1.82, 2.24) is 61.9 Å². The maximum absolute atomic E-state index is 15.7. The zero-order chi connectivity index (χ0) is 90.7. The van der Waals surface area contributed by atoms with Crippen LogP contribution in [0.25, 0.3) is 0 Å². The van der Waals surface area contributed by atoms with Crippen molar-refractivity contribution in [2.45, 2.75) is 382 Å². The fourth-order valence-electron chi connectivity index (χ4n) is 36.2. The molecule has 22 nitrogen and oxygen atoms in total. The van der Waals surface area contributed by atoms with Crippen LogP contribution in [0.5, 0.6) is 0 Å². The molecule has 16 aliphatic rings. The first-order valence-electron chi connectivity index (χ1n) is 50.1. The molecule has 12 N–H and O–H groups in total. The van der Waals surface area contributed by atoms with Crippen LogP contribution in [0.4, 0.5) is 0 Å². The van der Waals surface area contributed by atoms with E-state index in [-0.39, 0.29) is 181 Å². The number of amides is 3. The normalized spacial score (nSPS) is 46.8. The van der Waals surface area contributed by atoms with Gasteiger partial charge in [-0.2, -0.15) is 0 Å². The van der Waals surface area contributed by atoms with Gasteiger partial charge in [0.15, 0.2) is 0 Å². The molecule has 9 unspecified atom stereocenters. The number of hydrogen-bond donors (Lipinski definition) is 12. The Bertz CT molecular complexity index is 4550. The molecule has 1 aliphatic heterocycles. The minimum atomic E-state index is -1.09. The first-order chi connectivity index (χ1) is 58.6. The van der Waals surface area contributed by atoms with Gasteiger partial charge in [-0.05, 0) is 308 Å². The Morgan fingerprint density at radius 1 is 0.397 bits per heavy atom. The van der Waals surface area contributed by atoms with Gasteiger partial charge in [-0.25, -0.2) is 0 Å². The summed E-state index contributed by atoms with van der Waals surface area (Å²) in [4.78, 5) is 47.1. The van der Waals surface area contributed by atoms with Crippen molar-refractivity contribution in [2.24, 2.45) is 156 Å². The maximum atomic E-state index is 15.7. The third-order valence-electron chi connectivity index (χ3n) is 44.2. The zero-order valence-electron chi connectivity index (χ0n) is 81.2. The number of nitrogens with one attached hydrogen (secondary N) is 5. The van der Waals surface area contributed by atoms with Gasteiger partial charge in [0, 0.05) is 12.7 Å². The van der Waals surface area contributed by atoms with Crippen molar-refractivity contribution < 1.29 is 50.1 Å². The fraction of sp³-hybridized carbons (Fsp3) is 0.856. The van der Waals surface area contributed by atoms with Crippen LogP contribution >= 0.6 is 0 Å². The lowest BCUT2D eigenvalue weighted by Gasteiger charge is -2.71. The average Bonchev–Trinajstić information content (AvgIpc) is 1.24. The van der Waals surface area contributed by atoms with Crippen molar-refractivity contribution >= 4 is 17.7 Å². The summed E-state index contributed by atoms with van der Waals surface area (Å²) in [5.41, 5.74) is 6.28. The molecule has 2 aromatic rings. The Kier molecular flexibility index (Phi) is 21.6. The molecule has 18 rings (SSSR count). The van der Waals surface area contributed by atoms with Gasteiger partial charge in [0.25, 0.3) is 0 Å². The Labute approximate surface area is 753 Å². The number of carbonyl (C=O) groups excluding carboxylic acids is 3. The molecule has 0 bridgehead atoms. The van der Waals surface area contributed by atoms with E-state index >= 15 is 14.4 Å². The number of allylic oxidation sites excluding steroid dienone is 6. The number of hydrazine groups is 2. The van der Waals surface area contributed by atoms with Crippen LogP contribution in [0.15, 0.2) is 59.2 Å². The number of aliphatic hydroxyl groups excluding tert-OH is 7. The fourth-order valence-corrected chi connectivity index (χ4v) is 36.2. The van der Waals surface area contributed by atoms with E-state index in [2.05, 4.69) is 191 Å². The lowest BCUT2D eigenvalue weighted by Crippen LogP contribution is -2.68. The van der Waals surface area contributed by atoms with Crippen molar-refractivity contribution in [3.63, 3.8) is 0 Å². The third kappa shape index (κ3) is 12.9. The average molecular weight is 1740 g/mol. The SMILES string of the molecule is CC1(C)CC[C@@]2(C(=O)NCC3=CN(CC(CO)(Cn4cc(CNC(=O)[C@]56CCC(C)(C)CC5C5=CCC7[C@@]8(C)CC[C@H](O)C(C)(C)C8CC[C@@]7(C)[C@]5(C)C[C@H]6O)nn4)Cn4cc(CNC(=O)[C@]56CCC(C)(C)CC5C5=CCC7[C@@]8(C)CC[C@H](O)C(C)(C)C8CC[C@@]7(C)[C@]5(C)C[C@H]6O)nn4)NN3)C(C1)C1=CCC3[C@@]4(C)CC[C@H](O)C(C)(C)C4CC[C@@]3(C)[C@]1(C)C[C@H]2O. The van der Waals surface area contributed by atoms with Gasteiger partial charge in [0.05, 0.1) is 116 Å². The summed E-state index contributed by atoms with van der Waals surface area (Å²) in [6.07, 6.45) is 31.8. The lowest BCUT2D eigenvalue weighted by molar-refractivity contribution is -0.215. The quantitative estimate of drug-likeness (QED) is 0.0695. The van der Waals surface area contributed by atoms with Crippen LogP contribution in [-0.2, 0) is 40.6 Å². The molecule has 126 heavy (non-hydrogen) atoms. The number of aliphatic hydroxyl groups is 7. The van der Waals surface area contributed by atoms with Gasteiger partial charge >= 0.3 is 0 Å². The molecule has 15 aliphatic carbocycles. The Morgan fingerprint density at radius 2 is 0.714 bits per heavy atom. The first kappa shape index (κ1) is 91.4. The summed E-state index contributed by atoms with van der Waals surface area (Å²) in [5.74, 6) is 1.35. The molecule has 0 spiro atoms. The highest BCUT2D eigenvalue weighted by Crippen LogP contribution is 2.81. The predicted octanol–water partition coefficient (Wildman–Crippen LogP) is 15.5. The molecule has 0 aromatic carbocycles. The second-order valence-corrected chi connectivity index (χ2v) is 52.6. The first-order valence-corrected chi connectivity index (χ1v) is 50.1. The number of nitrogens with zero attached hydrogens (tertiary/aromatic N) is 7. The number of carbonyl (C=O) groups is 3. The van der Waals surface area contributed by atoms with Gasteiger partial charge in [-0.1, -0.05) is 191 Å². The summed E-state index contributed by atoms with van der Waals surface area (Å²) >= 11 is 0. The molecule has 3 heterocycles. The standard InChI is InChI=1S/C104H164N12O10/c1-86(2)40-43-102(68(46-86)65-22-25-74-92(13)34-31-77(118)89(7,8)71(92)28-37-95(74,16)98(65,19)49-80(102)121)83(124)105-52-62-55-114(111-108-62)58-101(61-117,59-115-56-63(109-112-115)53-106-84(125)103-44-41-87(3,4)47-69(103)66-23-26-75-93(14)35-32-78(119)90(9,10)72(93)29-38-96(75,17)99(66,20)50-81(103)122)60-116-57-64(110-113-116)54-107-85(126)104-45-42-88(5,6)48-70(104)67-24-27-76-94(15)36-33-79(120)91(11,12)73(94)30-39-97(76,18)100(67,21)51-82(104)123/h22-24,55-57,68-82,108,111,117-123H,25-54,58-61H2,1-21H3,(H,105,124)(H,106,125)(H,107,126)/t68?,69?,70?,71?,72?,73?,74?,75?,76?,77-,78-,79-,80+,81+,82+,92-,93-,94-,95+,96+,97+,98+,99+,100+,101?,102+,103+,104+/m0/s1. The molecular formula is C104H164N12O10. The van der Waals surface area contributed by atoms with Gasteiger partial charge in [0.2, 0.25) is 17.7 Å². The molecule has 12 fully saturated rings. The summed E-state index contributed by atoms with van der Waals surface area (Å²) in [6, 6.07) is 0. The van der Waals surface area contributed by atoms with Crippen LogP contribution in [-0.4, -0.2) is 145 Å². The van der Waals surface area contributed by atoms with Crippen molar-refractivity contribution in [3.05, 3.63) is 70.6 Å². The Balaban J connectivity index is 0.605. The van der Waals surface area contributed by atoms with Crippen molar-refractivity contribution in [3.8, 4) is 0 Å². The van der Waals surface area contributed by atoms with E-state index in [4.69, 9.17) is 20.6 Å². The van der Waals surface area contributed by atoms with Gasteiger partial charge in [0.1, 0.15) is 11.4 Å². The highest BCUT2D eigenvalue weighted by Gasteiger charge is 2.76. The molecule has 0 saturated heterocycles. The van der Waals surface area contributed by atoms with E-state index in [0.29, 0.717) is 91.1 Å². The van der Waals surface area contributed by atoms with E-state index in [1.165, 1.54) is 16.7 Å². The van der Waals surface area contributed by atoms with E-state index in [1.807, 2.05) is 23.6 Å². The van der Waals surface area contributed by atoms with Crippen molar-refractivity contribution in [2.75, 3.05) is 19.7 Å². The number of aromatic nitrogens is 6. The van der Waals surface area contributed by atoms with E-state index in [0.717, 1.165) is 135 Å². The molecular weight excluding hydrogens is 1580 g/mol. The summed E-state index contributed by atoms with van der Waals surface area (Å²) in [6.45, 7) is 50.3. The van der Waals surface area contributed by atoms with E-state index in [1.54, 1.807) is 9.36 Å². The highest BCUT2D eigenvalue weighted by molar-refractivity contribution is 5.86. The van der Waals surface area contributed by atoms with Crippen LogP contribution in [0, 0.1) is 156 Å². The molecule has 3 amide bonds. The second-order valence-electron chi connectivity index (χ2n) is 52.6. The Hall–Kier alpha value is -5.07.